The van der Waals surface area contributed by atoms with Crippen LogP contribution in [0.4, 0.5) is 0 Å². The monoisotopic (exact) mass is 232 g/mol. The molecule has 2 aliphatic rings. The third-order valence-corrected chi connectivity index (χ3v) is 4.62. The van der Waals surface area contributed by atoms with E-state index in [0.29, 0.717) is 0 Å². The Morgan fingerprint density at radius 3 is 2.71 bits per heavy atom. The molecule has 3 N–H and O–H groups in total. The lowest BCUT2D eigenvalue weighted by Crippen LogP contribution is -2.17. The Balaban J connectivity index is 1.85. The van der Waals surface area contributed by atoms with Crippen molar-refractivity contribution in [1.82, 2.24) is 4.98 Å². The molecule has 1 aromatic heterocycles. The summed E-state index contributed by atoms with van der Waals surface area (Å²) in [6.07, 6.45) is 11.9. The van der Waals surface area contributed by atoms with Crippen molar-refractivity contribution in [2.24, 2.45) is 11.7 Å². The van der Waals surface area contributed by atoms with E-state index >= 15 is 0 Å². The smallest absolute Gasteiger partial charge is 0.0187 e. The van der Waals surface area contributed by atoms with E-state index in [4.69, 9.17) is 5.73 Å². The van der Waals surface area contributed by atoms with E-state index in [9.17, 15) is 0 Å². The molecule has 0 aromatic carbocycles. The zero-order valence-corrected chi connectivity index (χ0v) is 10.7. The van der Waals surface area contributed by atoms with Crippen LogP contribution in [0.25, 0.3) is 0 Å². The Bertz CT molecular complexity index is 392. The Labute approximate surface area is 104 Å². The minimum atomic E-state index is 0.829. The van der Waals surface area contributed by atoms with E-state index in [1.807, 2.05) is 0 Å². The first-order valence-electron chi connectivity index (χ1n) is 7.30. The lowest BCUT2D eigenvalue weighted by Gasteiger charge is -2.22. The molecule has 1 heterocycles. The highest BCUT2D eigenvalue weighted by Gasteiger charge is 2.25. The third-order valence-electron chi connectivity index (χ3n) is 4.62. The minimum Gasteiger partial charge on any atom is -0.362 e. The lowest BCUT2D eigenvalue weighted by atomic mass is 9.84. The molecule has 94 valence electrons. The second-order valence-corrected chi connectivity index (χ2v) is 5.79. The average Bonchev–Trinajstić information content (AvgIpc) is 2.52. The largest absolute Gasteiger partial charge is 0.362 e. The fraction of sp³-hybridized carbons (Fsp3) is 0.733. The minimum absolute atomic E-state index is 0.829. The van der Waals surface area contributed by atoms with Gasteiger partial charge in [0.2, 0.25) is 0 Å². The van der Waals surface area contributed by atoms with Crippen LogP contribution in [0.2, 0.25) is 0 Å². The van der Waals surface area contributed by atoms with Crippen molar-refractivity contribution in [2.75, 3.05) is 6.54 Å². The van der Waals surface area contributed by atoms with Gasteiger partial charge in [-0.25, -0.2) is 0 Å². The molecule has 0 fully saturated rings. The van der Waals surface area contributed by atoms with Crippen molar-refractivity contribution < 1.29 is 0 Å². The highest BCUT2D eigenvalue weighted by atomic mass is 14.8. The zero-order valence-electron chi connectivity index (χ0n) is 10.7. The SMILES string of the molecule is NCCC1CCc2c([nH]c3c2CCCCC3)C1. The third kappa shape index (κ3) is 2.15. The summed E-state index contributed by atoms with van der Waals surface area (Å²) in [5, 5.41) is 0. The molecule has 1 unspecified atom stereocenters. The first kappa shape index (κ1) is 11.3. The summed E-state index contributed by atoms with van der Waals surface area (Å²) in [5.74, 6) is 0.829. The summed E-state index contributed by atoms with van der Waals surface area (Å²) >= 11 is 0. The lowest BCUT2D eigenvalue weighted by molar-refractivity contribution is 0.428. The van der Waals surface area contributed by atoms with Crippen LogP contribution in [0, 0.1) is 5.92 Å². The van der Waals surface area contributed by atoms with Gasteiger partial charge in [-0.2, -0.15) is 0 Å². The number of H-pyrrole nitrogens is 1. The van der Waals surface area contributed by atoms with E-state index in [1.54, 1.807) is 22.5 Å². The second-order valence-electron chi connectivity index (χ2n) is 5.79. The van der Waals surface area contributed by atoms with Gasteiger partial charge in [0.05, 0.1) is 0 Å². The number of nitrogens with two attached hydrogens (primary N) is 1. The van der Waals surface area contributed by atoms with Gasteiger partial charge in [0.1, 0.15) is 0 Å². The maximum Gasteiger partial charge on any atom is 0.0187 e. The van der Waals surface area contributed by atoms with Crippen LogP contribution in [-0.4, -0.2) is 11.5 Å². The van der Waals surface area contributed by atoms with Gasteiger partial charge in [0.25, 0.3) is 0 Å². The van der Waals surface area contributed by atoms with E-state index in [2.05, 4.69) is 4.98 Å². The average molecular weight is 232 g/mol. The molecule has 0 radical (unpaired) electrons. The van der Waals surface area contributed by atoms with Crippen molar-refractivity contribution in [2.45, 2.75) is 57.8 Å². The van der Waals surface area contributed by atoms with Crippen LogP contribution < -0.4 is 5.73 Å². The van der Waals surface area contributed by atoms with Gasteiger partial charge in [-0.15, -0.1) is 0 Å². The molecule has 0 saturated heterocycles. The van der Waals surface area contributed by atoms with Crippen molar-refractivity contribution in [1.29, 1.82) is 0 Å². The Morgan fingerprint density at radius 1 is 1.00 bits per heavy atom. The van der Waals surface area contributed by atoms with Crippen LogP contribution in [0.1, 0.15) is 54.6 Å². The van der Waals surface area contributed by atoms with Crippen LogP contribution in [0.3, 0.4) is 0 Å². The predicted molar refractivity (Wildman–Crippen MR) is 71.2 cm³/mol. The fourth-order valence-corrected chi connectivity index (χ4v) is 3.69. The van der Waals surface area contributed by atoms with Gasteiger partial charge in [-0.3, -0.25) is 0 Å². The molecule has 0 bridgehead atoms. The molecule has 1 aromatic rings. The highest BCUT2D eigenvalue weighted by molar-refractivity contribution is 5.39. The molecule has 17 heavy (non-hydrogen) atoms. The first-order chi connectivity index (χ1) is 8.38. The van der Waals surface area contributed by atoms with Crippen LogP contribution in [0.5, 0.6) is 0 Å². The molecule has 3 rings (SSSR count). The number of aromatic amines is 1. The summed E-state index contributed by atoms with van der Waals surface area (Å²) < 4.78 is 0. The van der Waals surface area contributed by atoms with E-state index in [1.165, 1.54) is 57.8 Å². The van der Waals surface area contributed by atoms with Crippen molar-refractivity contribution in [3.8, 4) is 0 Å². The Kier molecular flexibility index (Phi) is 3.24. The van der Waals surface area contributed by atoms with E-state index in [-0.39, 0.29) is 0 Å². The van der Waals surface area contributed by atoms with Gasteiger partial charge in [-0.05, 0) is 75.0 Å². The summed E-state index contributed by atoms with van der Waals surface area (Å²) in [6, 6.07) is 0. The topological polar surface area (TPSA) is 41.8 Å². The summed E-state index contributed by atoms with van der Waals surface area (Å²) in [5.41, 5.74) is 12.2. The number of rotatable bonds is 2. The molecule has 0 saturated carbocycles. The van der Waals surface area contributed by atoms with Crippen molar-refractivity contribution in [3.63, 3.8) is 0 Å². The number of hydrogen-bond acceptors (Lipinski definition) is 1. The maximum absolute atomic E-state index is 5.69. The quantitative estimate of drug-likeness (QED) is 0.756. The maximum atomic E-state index is 5.69. The van der Waals surface area contributed by atoms with Crippen LogP contribution in [0.15, 0.2) is 0 Å². The van der Waals surface area contributed by atoms with Crippen molar-refractivity contribution >= 4 is 0 Å². The Morgan fingerprint density at radius 2 is 1.82 bits per heavy atom. The molecule has 0 spiro atoms. The normalized spacial score (nSPS) is 23.9. The number of nitrogens with one attached hydrogen (secondary N) is 1. The first-order valence-corrected chi connectivity index (χ1v) is 7.30. The standard InChI is InChI=1S/C15H24N2/c16-9-8-11-6-7-13-12-4-2-1-3-5-14(12)17-15(13)10-11/h11,17H,1-10,16H2. The molecule has 2 heteroatoms. The number of aromatic nitrogens is 1. The summed E-state index contributed by atoms with van der Waals surface area (Å²) in [4.78, 5) is 3.74. The molecular formula is C15H24N2. The van der Waals surface area contributed by atoms with Gasteiger partial charge in [0.15, 0.2) is 0 Å². The van der Waals surface area contributed by atoms with Gasteiger partial charge in [-0.1, -0.05) is 6.42 Å². The van der Waals surface area contributed by atoms with Crippen LogP contribution >= 0.6 is 0 Å². The molecule has 1 atom stereocenters. The van der Waals surface area contributed by atoms with Gasteiger partial charge >= 0.3 is 0 Å². The van der Waals surface area contributed by atoms with Gasteiger partial charge < -0.3 is 10.7 Å². The summed E-state index contributed by atoms with van der Waals surface area (Å²) in [6.45, 7) is 0.848. The zero-order chi connectivity index (χ0) is 11.7. The van der Waals surface area contributed by atoms with Crippen LogP contribution in [-0.2, 0) is 25.7 Å². The fourth-order valence-electron chi connectivity index (χ4n) is 3.69. The number of fused-ring (bicyclic) bond motifs is 3. The Hall–Kier alpha value is -0.760. The molecule has 0 amide bonds. The van der Waals surface area contributed by atoms with E-state index in [0.717, 1.165) is 12.5 Å². The highest BCUT2D eigenvalue weighted by Crippen LogP contribution is 2.33. The van der Waals surface area contributed by atoms with E-state index < -0.39 is 0 Å². The molecular weight excluding hydrogens is 208 g/mol. The van der Waals surface area contributed by atoms with Gasteiger partial charge in [0, 0.05) is 11.4 Å². The molecule has 2 aliphatic carbocycles. The second kappa shape index (κ2) is 4.85. The molecule has 0 aliphatic heterocycles. The number of aryl methyl sites for hydroxylation is 1. The van der Waals surface area contributed by atoms with Crippen molar-refractivity contribution in [3.05, 3.63) is 22.5 Å². The summed E-state index contributed by atoms with van der Waals surface area (Å²) in [7, 11) is 0. The predicted octanol–water partition coefficient (Wildman–Crippen LogP) is 2.74. The number of hydrogen-bond donors (Lipinski definition) is 2. The molecule has 2 nitrogen and oxygen atoms in total.